The van der Waals surface area contributed by atoms with Gasteiger partial charge in [0.15, 0.2) is 0 Å². The minimum Gasteiger partial charge on any atom is -0.344 e. The molecule has 0 unspecified atom stereocenters. The largest absolute Gasteiger partial charge is 0.344 e. The first kappa shape index (κ1) is 17.8. The van der Waals surface area contributed by atoms with Crippen molar-refractivity contribution in [1.82, 2.24) is 5.32 Å². The Morgan fingerprint density at radius 2 is 1.78 bits per heavy atom. The first-order chi connectivity index (χ1) is 12.8. The number of benzene rings is 2. The number of rotatable bonds is 3. The Kier molecular flexibility index (Phi) is 4.14. The summed E-state index contributed by atoms with van der Waals surface area (Å²) < 4.78 is 0. The van der Waals surface area contributed by atoms with Gasteiger partial charge in [-0.25, -0.2) is 0 Å². The third kappa shape index (κ3) is 2.68. The molecule has 1 saturated heterocycles. The van der Waals surface area contributed by atoms with E-state index in [4.69, 9.17) is 0 Å². The molecule has 2 heterocycles. The van der Waals surface area contributed by atoms with Crippen LogP contribution in [0, 0.1) is 0 Å². The Hall–Kier alpha value is -2.55. The quantitative estimate of drug-likeness (QED) is 0.850. The van der Waals surface area contributed by atoms with Gasteiger partial charge in [-0.1, -0.05) is 76.2 Å². The van der Waals surface area contributed by atoms with Gasteiger partial charge >= 0.3 is 0 Å². The van der Waals surface area contributed by atoms with Crippen molar-refractivity contribution in [3.05, 3.63) is 71.3 Å². The van der Waals surface area contributed by atoms with E-state index in [0.29, 0.717) is 12.3 Å². The molecule has 4 rings (SSSR count). The summed E-state index contributed by atoms with van der Waals surface area (Å²) in [6, 6.07) is 17.2. The van der Waals surface area contributed by atoms with Gasteiger partial charge in [-0.3, -0.25) is 4.79 Å². The van der Waals surface area contributed by atoms with Crippen LogP contribution in [0.25, 0.3) is 6.08 Å². The zero-order valence-corrected chi connectivity index (χ0v) is 16.6. The number of amides is 1. The summed E-state index contributed by atoms with van der Waals surface area (Å²) in [6.07, 6.45) is 4.87. The normalized spacial score (nSPS) is 23.4. The van der Waals surface area contributed by atoms with Crippen LogP contribution in [0.4, 0.5) is 5.69 Å². The third-order valence-electron chi connectivity index (χ3n) is 6.26. The highest BCUT2D eigenvalue weighted by Gasteiger charge is 2.57. The fourth-order valence-corrected chi connectivity index (χ4v) is 4.53. The van der Waals surface area contributed by atoms with Crippen molar-refractivity contribution in [2.75, 3.05) is 11.4 Å². The van der Waals surface area contributed by atoms with Crippen molar-refractivity contribution in [1.29, 1.82) is 0 Å². The van der Waals surface area contributed by atoms with Gasteiger partial charge in [-0.2, -0.15) is 0 Å². The lowest BCUT2D eigenvalue weighted by atomic mass is 9.74. The molecule has 0 bridgehead atoms. The van der Waals surface area contributed by atoms with Crippen LogP contribution in [0.15, 0.2) is 54.6 Å². The van der Waals surface area contributed by atoms with Gasteiger partial charge in [0, 0.05) is 24.1 Å². The maximum atomic E-state index is 12.4. The van der Waals surface area contributed by atoms with E-state index in [1.807, 2.05) is 0 Å². The Bertz CT molecular complexity index is 895. The molecule has 0 spiro atoms. The van der Waals surface area contributed by atoms with E-state index in [-0.39, 0.29) is 11.3 Å². The minimum absolute atomic E-state index is 0.118. The number of nitrogens with zero attached hydrogens (tertiary/aromatic N) is 1. The van der Waals surface area contributed by atoms with E-state index >= 15 is 0 Å². The van der Waals surface area contributed by atoms with Crippen molar-refractivity contribution in [2.45, 2.75) is 51.1 Å². The molecule has 2 aromatic carbocycles. The topological polar surface area (TPSA) is 32.3 Å². The van der Waals surface area contributed by atoms with Crippen LogP contribution in [0.2, 0.25) is 0 Å². The van der Waals surface area contributed by atoms with Gasteiger partial charge in [0.05, 0.1) is 0 Å². The fourth-order valence-electron chi connectivity index (χ4n) is 4.53. The highest BCUT2D eigenvalue weighted by atomic mass is 16.2. The molecule has 0 aliphatic carbocycles. The van der Waals surface area contributed by atoms with Gasteiger partial charge in [0.25, 0.3) is 0 Å². The SMILES string of the molecule is CC(C)c1ccc(C=C[C@@]23NC(=O)CCN2c2ccccc2C3(C)C)cc1. The molecule has 0 radical (unpaired) electrons. The van der Waals surface area contributed by atoms with Crippen LogP contribution in [0.3, 0.4) is 0 Å². The van der Waals surface area contributed by atoms with Crippen LogP contribution in [0.5, 0.6) is 0 Å². The molecule has 1 amide bonds. The van der Waals surface area contributed by atoms with Gasteiger partial charge in [0.1, 0.15) is 5.66 Å². The van der Waals surface area contributed by atoms with Gasteiger partial charge < -0.3 is 10.2 Å². The molecule has 1 atom stereocenters. The zero-order chi connectivity index (χ0) is 19.2. The molecule has 1 N–H and O–H groups in total. The Labute approximate surface area is 162 Å². The molecule has 140 valence electrons. The number of hydrogen-bond donors (Lipinski definition) is 1. The monoisotopic (exact) mass is 360 g/mol. The van der Waals surface area contributed by atoms with Crippen LogP contribution in [-0.4, -0.2) is 18.1 Å². The summed E-state index contributed by atoms with van der Waals surface area (Å²) in [7, 11) is 0. The number of para-hydroxylation sites is 1. The van der Waals surface area contributed by atoms with Crippen molar-refractivity contribution < 1.29 is 4.79 Å². The number of hydrogen-bond acceptors (Lipinski definition) is 2. The van der Waals surface area contributed by atoms with Crippen LogP contribution >= 0.6 is 0 Å². The molecule has 3 nitrogen and oxygen atoms in total. The molecule has 1 fully saturated rings. The van der Waals surface area contributed by atoms with Crippen LogP contribution in [-0.2, 0) is 10.2 Å². The van der Waals surface area contributed by atoms with Crippen molar-refractivity contribution in [2.24, 2.45) is 0 Å². The average molecular weight is 361 g/mol. The van der Waals surface area contributed by atoms with Gasteiger partial charge in [0.2, 0.25) is 5.91 Å². The molecule has 3 heteroatoms. The Balaban J connectivity index is 1.77. The number of carbonyl (C=O) groups excluding carboxylic acids is 1. The second-order valence-corrected chi connectivity index (χ2v) is 8.51. The molecule has 0 aromatic heterocycles. The lowest BCUT2D eigenvalue weighted by Crippen LogP contribution is -2.68. The average Bonchev–Trinajstić information content (AvgIpc) is 2.85. The highest BCUT2D eigenvalue weighted by molar-refractivity contribution is 5.84. The standard InChI is InChI=1S/C24H28N2O/c1-17(2)19-11-9-18(10-12-19)13-15-24-23(3,4)20-7-5-6-8-21(20)26(24)16-14-22(27)25-24/h5-13,15,17H,14,16H2,1-4H3,(H,25,27)/t24-/m1/s1. The summed E-state index contributed by atoms with van der Waals surface area (Å²) in [5.41, 5.74) is 4.23. The van der Waals surface area contributed by atoms with E-state index in [2.05, 4.69) is 98.6 Å². The molecule has 27 heavy (non-hydrogen) atoms. The molecule has 2 aromatic rings. The first-order valence-electron chi connectivity index (χ1n) is 9.82. The maximum absolute atomic E-state index is 12.4. The number of fused-ring (bicyclic) bond motifs is 3. The molecule has 2 aliphatic rings. The van der Waals surface area contributed by atoms with Gasteiger partial charge in [-0.05, 0) is 34.8 Å². The lowest BCUT2D eigenvalue weighted by molar-refractivity contribution is -0.124. The van der Waals surface area contributed by atoms with E-state index in [1.165, 1.54) is 16.8 Å². The van der Waals surface area contributed by atoms with Crippen LogP contribution < -0.4 is 10.2 Å². The highest BCUT2D eigenvalue weighted by Crippen LogP contribution is 2.52. The molecular formula is C24H28N2O. The number of carbonyl (C=O) groups is 1. The predicted octanol–water partition coefficient (Wildman–Crippen LogP) is 4.84. The summed E-state index contributed by atoms with van der Waals surface area (Å²) in [6.45, 7) is 9.60. The predicted molar refractivity (Wildman–Crippen MR) is 112 cm³/mol. The van der Waals surface area contributed by atoms with E-state index < -0.39 is 5.66 Å². The summed E-state index contributed by atoms with van der Waals surface area (Å²) in [5.74, 6) is 0.643. The van der Waals surface area contributed by atoms with E-state index in [9.17, 15) is 4.79 Å². The Morgan fingerprint density at radius 1 is 1.07 bits per heavy atom. The lowest BCUT2D eigenvalue weighted by Gasteiger charge is -2.49. The Morgan fingerprint density at radius 3 is 2.48 bits per heavy atom. The third-order valence-corrected chi connectivity index (χ3v) is 6.26. The minimum atomic E-state index is -0.539. The number of anilines is 1. The van der Waals surface area contributed by atoms with Crippen molar-refractivity contribution in [3.63, 3.8) is 0 Å². The fraction of sp³-hybridized carbons (Fsp3) is 0.375. The second kappa shape index (κ2) is 6.26. The summed E-state index contributed by atoms with van der Waals surface area (Å²) >= 11 is 0. The first-order valence-corrected chi connectivity index (χ1v) is 9.82. The van der Waals surface area contributed by atoms with E-state index in [0.717, 1.165) is 12.1 Å². The molecule has 2 aliphatic heterocycles. The second-order valence-electron chi connectivity index (χ2n) is 8.51. The molecular weight excluding hydrogens is 332 g/mol. The summed E-state index contributed by atoms with van der Waals surface area (Å²) in [4.78, 5) is 14.8. The number of nitrogens with one attached hydrogen (secondary N) is 1. The van der Waals surface area contributed by atoms with Gasteiger partial charge in [-0.15, -0.1) is 0 Å². The van der Waals surface area contributed by atoms with E-state index in [1.54, 1.807) is 0 Å². The van der Waals surface area contributed by atoms with Crippen LogP contribution in [0.1, 0.15) is 56.7 Å². The zero-order valence-electron chi connectivity index (χ0n) is 16.6. The summed E-state index contributed by atoms with van der Waals surface area (Å²) in [5, 5.41) is 3.33. The smallest absolute Gasteiger partial charge is 0.223 e. The maximum Gasteiger partial charge on any atom is 0.223 e. The van der Waals surface area contributed by atoms with Crippen molar-refractivity contribution in [3.8, 4) is 0 Å². The van der Waals surface area contributed by atoms with Crippen molar-refractivity contribution >= 4 is 17.7 Å². The molecule has 0 saturated carbocycles.